The average Bonchev–Trinajstić information content (AvgIpc) is 2.65. The molecule has 140 valence electrons. The number of primary amides is 1. The average molecular weight is 393 g/mol. The summed E-state index contributed by atoms with van der Waals surface area (Å²) in [4.78, 5) is 23.1. The molecule has 7 nitrogen and oxygen atoms in total. The molecule has 0 saturated heterocycles. The fourth-order valence-electron chi connectivity index (χ4n) is 2.10. The van der Waals surface area contributed by atoms with Gasteiger partial charge in [0.2, 0.25) is 0 Å². The van der Waals surface area contributed by atoms with Gasteiger partial charge in [-0.15, -0.1) is 0 Å². The number of hydrogen-bond acceptors (Lipinski definition) is 6. The van der Waals surface area contributed by atoms with Gasteiger partial charge in [0.15, 0.2) is 18.1 Å². The number of carbonyl (C=O) groups excluding carboxylic acids is 2. The van der Waals surface area contributed by atoms with Gasteiger partial charge in [-0.05, 0) is 30.3 Å². The number of halogens is 2. The molecule has 27 heavy (non-hydrogen) atoms. The van der Waals surface area contributed by atoms with Crippen molar-refractivity contribution in [3.8, 4) is 17.6 Å². The lowest BCUT2D eigenvalue weighted by atomic mass is 10.1. The Kier molecular flexibility index (Phi) is 6.57. The van der Waals surface area contributed by atoms with Crippen molar-refractivity contribution in [1.29, 1.82) is 5.26 Å². The fourth-order valence-corrected chi connectivity index (χ4v) is 2.37. The summed E-state index contributed by atoms with van der Waals surface area (Å²) in [7, 11) is 1.32. The van der Waals surface area contributed by atoms with Gasteiger partial charge in [0, 0.05) is 5.56 Å². The van der Waals surface area contributed by atoms with E-state index in [-0.39, 0.29) is 39.8 Å². The van der Waals surface area contributed by atoms with Gasteiger partial charge in [0.05, 0.1) is 29.3 Å². The van der Waals surface area contributed by atoms with Crippen LogP contribution in [0.5, 0.6) is 11.5 Å². The molecule has 0 saturated carbocycles. The maximum absolute atomic E-state index is 13.7. The van der Waals surface area contributed by atoms with E-state index in [2.05, 4.69) is 0 Å². The van der Waals surface area contributed by atoms with Gasteiger partial charge >= 0.3 is 5.97 Å². The first-order valence-electron chi connectivity index (χ1n) is 7.50. The molecule has 9 heteroatoms. The lowest BCUT2D eigenvalue weighted by Gasteiger charge is -2.13. The maximum Gasteiger partial charge on any atom is 0.338 e. The van der Waals surface area contributed by atoms with E-state index in [1.54, 1.807) is 0 Å². The lowest BCUT2D eigenvalue weighted by molar-refractivity contribution is -0.119. The van der Waals surface area contributed by atoms with E-state index in [1.807, 2.05) is 6.07 Å². The smallest absolute Gasteiger partial charge is 0.338 e. The number of carbonyl (C=O) groups is 2. The highest BCUT2D eigenvalue weighted by molar-refractivity contribution is 6.32. The Morgan fingerprint density at radius 3 is 2.67 bits per heavy atom. The van der Waals surface area contributed by atoms with Crippen LogP contribution in [0.25, 0.3) is 0 Å². The third kappa shape index (κ3) is 5.09. The largest absolute Gasteiger partial charge is 0.493 e. The summed E-state index contributed by atoms with van der Waals surface area (Å²) in [5.74, 6) is -1.97. The Balaban J connectivity index is 2.18. The van der Waals surface area contributed by atoms with E-state index >= 15 is 0 Å². The van der Waals surface area contributed by atoms with Crippen molar-refractivity contribution < 1.29 is 28.2 Å². The van der Waals surface area contributed by atoms with Gasteiger partial charge in [-0.25, -0.2) is 9.18 Å². The first-order chi connectivity index (χ1) is 12.8. The van der Waals surface area contributed by atoms with Crippen molar-refractivity contribution >= 4 is 23.5 Å². The second-order valence-corrected chi connectivity index (χ2v) is 5.65. The third-order valence-corrected chi connectivity index (χ3v) is 3.64. The molecule has 2 aromatic rings. The Labute approximate surface area is 159 Å². The van der Waals surface area contributed by atoms with Crippen LogP contribution in [-0.2, 0) is 16.1 Å². The highest BCUT2D eigenvalue weighted by Crippen LogP contribution is 2.36. The van der Waals surface area contributed by atoms with Crippen molar-refractivity contribution in [2.75, 3.05) is 13.7 Å². The summed E-state index contributed by atoms with van der Waals surface area (Å²) in [5, 5.41) is 8.85. The monoisotopic (exact) mass is 392 g/mol. The number of ether oxygens (including phenoxy) is 3. The first kappa shape index (κ1) is 20.0. The highest BCUT2D eigenvalue weighted by atomic mass is 35.5. The molecule has 0 aromatic heterocycles. The molecule has 0 aliphatic carbocycles. The van der Waals surface area contributed by atoms with Gasteiger partial charge in [-0.2, -0.15) is 5.26 Å². The number of hydrogen-bond donors (Lipinski definition) is 1. The normalized spacial score (nSPS) is 10.0. The summed E-state index contributed by atoms with van der Waals surface area (Å²) in [6.45, 7) is -0.797. The number of amides is 1. The van der Waals surface area contributed by atoms with Crippen molar-refractivity contribution in [2.24, 2.45) is 5.73 Å². The second kappa shape index (κ2) is 8.87. The number of nitrogens with two attached hydrogens (primary N) is 1. The van der Waals surface area contributed by atoms with Gasteiger partial charge in [0.25, 0.3) is 5.91 Å². The third-order valence-electron chi connectivity index (χ3n) is 3.36. The lowest BCUT2D eigenvalue weighted by Crippen LogP contribution is -2.20. The molecular formula is C18H14ClFN2O5. The van der Waals surface area contributed by atoms with Gasteiger partial charge < -0.3 is 19.9 Å². The van der Waals surface area contributed by atoms with E-state index in [0.717, 1.165) is 6.07 Å². The van der Waals surface area contributed by atoms with Crippen LogP contribution in [-0.4, -0.2) is 25.6 Å². The van der Waals surface area contributed by atoms with Crippen molar-refractivity contribution in [3.05, 3.63) is 57.9 Å². The van der Waals surface area contributed by atoms with E-state index in [4.69, 9.17) is 36.8 Å². The topological polar surface area (TPSA) is 112 Å². The number of benzene rings is 2. The van der Waals surface area contributed by atoms with Crippen LogP contribution in [0.15, 0.2) is 30.3 Å². The standard InChI is InChI=1S/C18H14ClFN2O5/c1-25-15-6-11(5-13(19)17(15)26-9-16(22)23)18(24)27-8-12-4-10(7-21)2-3-14(12)20/h2-6H,8-9H2,1H3,(H2,22,23). The van der Waals surface area contributed by atoms with E-state index in [0.29, 0.717) is 0 Å². The van der Waals surface area contributed by atoms with Gasteiger partial charge in [-0.3, -0.25) is 4.79 Å². The molecule has 0 fully saturated rings. The molecule has 2 rings (SSSR count). The molecule has 1 amide bonds. The van der Waals surface area contributed by atoms with Crippen LogP contribution < -0.4 is 15.2 Å². The molecule has 0 radical (unpaired) electrons. The van der Waals surface area contributed by atoms with Gasteiger partial charge in [-0.1, -0.05) is 11.6 Å². The summed E-state index contributed by atoms with van der Waals surface area (Å²) >= 11 is 6.06. The summed E-state index contributed by atoms with van der Waals surface area (Å²) < 4.78 is 29.1. The maximum atomic E-state index is 13.7. The second-order valence-electron chi connectivity index (χ2n) is 5.24. The Morgan fingerprint density at radius 1 is 1.30 bits per heavy atom. The van der Waals surface area contributed by atoms with Crippen LogP contribution in [0.1, 0.15) is 21.5 Å². The Bertz CT molecular complexity index is 927. The zero-order valence-electron chi connectivity index (χ0n) is 14.1. The molecule has 0 aliphatic heterocycles. The fraction of sp³-hybridized carbons (Fsp3) is 0.167. The quantitative estimate of drug-likeness (QED) is 0.725. The molecule has 0 heterocycles. The molecule has 0 bridgehead atoms. The highest BCUT2D eigenvalue weighted by Gasteiger charge is 2.18. The molecular weight excluding hydrogens is 379 g/mol. The zero-order valence-corrected chi connectivity index (χ0v) is 14.9. The zero-order chi connectivity index (χ0) is 20.0. The molecule has 2 N–H and O–H groups in total. The van der Waals surface area contributed by atoms with Crippen LogP contribution in [0.2, 0.25) is 5.02 Å². The summed E-state index contributed by atoms with van der Waals surface area (Å²) in [6.07, 6.45) is 0. The Morgan fingerprint density at radius 2 is 2.04 bits per heavy atom. The van der Waals surface area contributed by atoms with Crippen LogP contribution >= 0.6 is 11.6 Å². The van der Waals surface area contributed by atoms with Crippen LogP contribution in [0.4, 0.5) is 4.39 Å². The van der Waals surface area contributed by atoms with Crippen LogP contribution in [0.3, 0.4) is 0 Å². The minimum absolute atomic E-state index is 0.000193. The van der Waals surface area contributed by atoms with Crippen molar-refractivity contribution in [1.82, 2.24) is 0 Å². The number of nitriles is 1. The SMILES string of the molecule is COc1cc(C(=O)OCc2cc(C#N)ccc2F)cc(Cl)c1OCC(N)=O. The minimum Gasteiger partial charge on any atom is -0.493 e. The first-order valence-corrected chi connectivity index (χ1v) is 7.87. The van der Waals surface area contributed by atoms with E-state index < -0.39 is 24.3 Å². The number of nitrogens with zero attached hydrogens (tertiary/aromatic N) is 1. The summed E-state index contributed by atoms with van der Waals surface area (Å²) in [5.41, 5.74) is 5.34. The number of methoxy groups -OCH3 is 1. The van der Waals surface area contributed by atoms with Gasteiger partial charge in [0.1, 0.15) is 12.4 Å². The molecule has 0 spiro atoms. The molecule has 0 unspecified atom stereocenters. The Hall–Kier alpha value is -3.31. The van der Waals surface area contributed by atoms with E-state index in [1.165, 1.54) is 31.4 Å². The predicted molar refractivity (Wildman–Crippen MR) is 92.9 cm³/mol. The number of esters is 1. The molecule has 0 aliphatic rings. The molecule has 2 aromatic carbocycles. The summed E-state index contributed by atoms with van der Waals surface area (Å²) in [6, 6.07) is 8.15. The van der Waals surface area contributed by atoms with Crippen LogP contribution in [0, 0.1) is 17.1 Å². The minimum atomic E-state index is -0.793. The van der Waals surface area contributed by atoms with E-state index in [9.17, 15) is 14.0 Å². The predicted octanol–water partition coefficient (Wildman–Crippen LogP) is 2.58. The number of rotatable bonds is 7. The van der Waals surface area contributed by atoms with Crippen molar-refractivity contribution in [2.45, 2.75) is 6.61 Å². The van der Waals surface area contributed by atoms with Crippen molar-refractivity contribution in [3.63, 3.8) is 0 Å². The molecule has 0 atom stereocenters.